The number of aromatic nitrogens is 2. The third-order valence-corrected chi connectivity index (χ3v) is 3.51. The van der Waals surface area contributed by atoms with Gasteiger partial charge in [0.05, 0.1) is 25.8 Å². The summed E-state index contributed by atoms with van der Waals surface area (Å²) in [5, 5.41) is 3.93. The Morgan fingerprint density at radius 2 is 2.05 bits per heavy atom. The van der Waals surface area contributed by atoms with Crippen LogP contribution in [0.3, 0.4) is 0 Å². The molecule has 1 rings (SSSR count). The van der Waals surface area contributed by atoms with E-state index in [4.69, 9.17) is 4.74 Å². The minimum atomic E-state index is -0.349. The summed E-state index contributed by atoms with van der Waals surface area (Å²) in [7, 11) is 2.89. The first kappa shape index (κ1) is 16.5. The first-order valence-corrected chi connectivity index (χ1v) is 7.07. The van der Waals surface area contributed by atoms with Gasteiger partial charge in [-0.2, -0.15) is 0 Å². The summed E-state index contributed by atoms with van der Waals surface area (Å²) in [6.07, 6.45) is 0.798. The van der Waals surface area contributed by atoms with E-state index in [0.717, 1.165) is 11.5 Å². The quantitative estimate of drug-likeness (QED) is 0.659. The molecule has 0 aliphatic rings. The molecular formula is C12H19N3O4S. The van der Waals surface area contributed by atoms with Gasteiger partial charge in [0.2, 0.25) is 0 Å². The van der Waals surface area contributed by atoms with Crippen LogP contribution in [0.15, 0.2) is 0 Å². The van der Waals surface area contributed by atoms with E-state index in [9.17, 15) is 9.59 Å². The van der Waals surface area contributed by atoms with Crippen LogP contribution >= 0.6 is 11.5 Å². The van der Waals surface area contributed by atoms with E-state index in [0.29, 0.717) is 30.1 Å². The molecule has 1 aromatic heterocycles. The Balaban J connectivity index is 2.75. The molecule has 7 nitrogen and oxygen atoms in total. The Hall–Kier alpha value is -1.54. The molecule has 8 heteroatoms. The standard InChI is InChI=1S/C12H19N3O4S/c1-4-9-11(20-14-13-9)12(17)15(7-8-18-2)6-5-10(16)19-3/h4-8H2,1-3H3. The number of ether oxygens (including phenoxy) is 2. The van der Waals surface area contributed by atoms with Crippen molar-refractivity contribution >= 4 is 23.4 Å². The van der Waals surface area contributed by atoms with E-state index >= 15 is 0 Å². The lowest BCUT2D eigenvalue weighted by molar-refractivity contribution is -0.140. The van der Waals surface area contributed by atoms with E-state index in [1.165, 1.54) is 7.11 Å². The molecule has 0 N–H and O–H groups in total. The van der Waals surface area contributed by atoms with Crippen molar-refractivity contribution in [1.82, 2.24) is 14.5 Å². The summed E-state index contributed by atoms with van der Waals surface area (Å²) >= 11 is 1.07. The Bertz CT molecular complexity index is 450. The Morgan fingerprint density at radius 1 is 1.30 bits per heavy atom. The average molecular weight is 301 g/mol. The number of carbonyl (C=O) groups excluding carboxylic acids is 2. The van der Waals surface area contributed by atoms with E-state index in [1.807, 2.05) is 6.92 Å². The molecular weight excluding hydrogens is 282 g/mol. The minimum absolute atomic E-state index is 0.152. The van der Waals surface area contributed by atoms with Crippen LogP contribution in [0.4, 0.5) is 0 Å². The van der Waals surface area contributed by atoms with Gasteiger partial charge in [-0.05, 0) is 18.0 Å². The summed E-state index contributed by atoms with van der Waals surface area (Å²) in [6, 6.07) is 0. The van der Waals surface area contributed by atoms with Crippen molar-refractivity contribution in [3.05, 3.63) is 10.6 Å². The molecule has 0 radical (unpaired) electrons. The fourth-order valence-corrected chi connectivity index (χ4v) is 2.31. The number of amides is 1. The second-order valence-corrected chi connectivity index (χ2v) is 4.77. The first-order valence-electron chi connectivity index (χ1n) is 6.30. The predicted molar refractivity (Wildman–Crippen MR) is 73.7 cm³/mol. The summed E-state index contributed by atoms with van der Waals surface area (Å²) in [5.41, 5.74) is 0.681. The summed E-state index contributed by atoms with van der Waals surface area (Å²) in [4.78, 5) is 25.7. The van der Waals surface area contributed by atoms with Crippen molar-refractivity contribution in [2.75, 3.05) is 33.9 Å². The van der Waals surface area contributed by atoms with Crippen molar-refractivity contribution in [1.29, 1.82) is 0 Å². The highest BCUT2D eigenvalue weighted by molar-refractivity contribution is 7.08. The molecule has 0 aliphatic carbocycles. The molecule has 0 atom stereocenters. The highest BCUT2D eigenvalue weighted by Crippen LogP contribution is 2.14. The van der Waals surface area contributed by atoms with E-state index < -0.39 is 0 Å². The van der Waals surface area contributed by atoms with E-state index in [-0.39, 0.29) is 24.8 Å². The second kappa shape index (κ2) is 8.60. The maximum absolute atomic E-state index is 12.4. The maximum atomic E-state index is 12.4. The van der Waals surface area contributed by atoms with Crippen LogP contribution in [0.5, 0.6) is 0 Å². The van der Waals surface area contributed by atoms with Crippen LogP contribution in [0.1, 0.15) is 28.7 Å². The van der Waals surface area contributed by atoms with Crippen LogP contribution in [-0.2, 0) is 20.7 Å². The number of hydrogen-bond donors (Lipinski definition) is 0. The van der Waals surface area contributed by atoms with Gasteiger partial charge >= 0.3 is 5.97 Å². The van der Waals surface area contributed by atoms with Crippen LogP contribution in [0.25, 0.3) is 0 Å². The minimum Gasteiger partial charge on any atom is -0.469 e. The Kier molecular flexibility index (Phi) is 7.10. The first-order chi connectivity index (χ1) is 9.63. The molecule has 20 heavy (non-hydrogen) atoms. The summed E-state index contributed by atoms with van der Waals surface area (Å²) in [5.74, 6) is -0.517. The van der Waals surface area contributed by atoms with Crippen LogP contribution in [0.2, 0.25) is 0 Å². The van der Waals surface area contributed by atoms with Gasteiger partial charge in [0.15, 0.2) is 0 Å². The highest BCUT2D eigenvalue weighted by atomic mass is 32.1. The van der Waals surface area contributed by atoms with Gasteiger partial charge in [0.1, 0.15) is 4.88 Å². The normalized spacial score (nSPS) is 10.3. The lowest BCUT2D eigenvalue weighted by Gasteiger charge is -2.21. The van der Waals surface area contributed by atoms with Gasteiger partial charge in [-0.15, -0.1) is 5.10 Å². The fraction of sp³-hybridized carbons (Fsp3) is 0.667. The topological polar surface area (TPSA) is 81.6 Å². The fourth-order valence-electron chi connectivity index (χ4n) is 1.59. The SMILES string of the molecule is CCc1nnsc1C(=O)N(CCOC)CCC(=O)OC. The predicted octanol–water partition coefficient (Wildman–Crippen LogP) is 0.752. The molecule has 0 saturated carbocycles. The van der Waals surface area contributed by atoms with Crippen LogP contribution in [0, 0.1) is 0 Å². The van der Waals surface area contributed by atoms with E-state index in [2.05, 4.69) is 14.3 Å². The molecule has 0 unspecified atom stereocenters. The number of esters is 1. The zero-order valence-electron chi connectivity index (χ0n) is 11.9. The van der Waals surface area contributed by atoms with E-state index in [1.54, 1.807) is 12.0 Å². The summed E-state index contributed by atoms with van der Waals surface area (Å²) < 4.78 is 13.4. The molecule has 0 fully saturated rings. The van der Waals surface area contributed by atoms with Crippen molar-refractivity contribution in [3.8, 4) is 0 Å². The van der Waals surface area contributed by atoms with Gasteiger partial charge in [0, 0.05) is 20.2 Å². The van der Waals surface area contributed by atoms with Gasteiger partial charge in [0.25, 0.3) is 5.91 Å². The third-order valence-electron chi connectivity index (χ3n) is 2.75. The molecule has 0 aromatic carbocycles. The molecule has 1 amide bonds. The number of hydrogen-bond acceptors (Lipinski definition) is 7. The average Bonchev–Trinajstić information content (AvgIpc) is 2.94. The van der Waals surface area contributed by atoms with Crippen molar-refractivity contribution < 1.29 is 19.1 Å². The highest BCUT2D eigenvalue weighted by Gasteiger charge is 2.22. The summed E-state index contributed by atoms with van der Waals surface area (Å²) in [6.45, 7) is 3.02. The number of methoxy groups -OCH3 is 2. The monoisotopic (exact) mass is 301 g/mol. The zero-order chi connectivity index (χ0) is 15.0. The Morgan fingerprint density at radius 3 is 2.65 bits per heavy atom. The zero-order valence-corrected chi connectivity index (χ0v) is 12.7. The smallest absolute Gasteiger partial charge is 0.307 e. The lowest BCUT2D eigenvalue weighted by Crippen LogP contribution is -2.35. The number of carbonyl (C=O) groups is 2. The molecule has 112 valence electrons. The third kappa shape index (κ3) is 4.53. The largest absolute Gasteiger partial charge is 0.469 e. The van der Waals surface area contributed by atoms with Crippen molar-refractivity contribution in [2.24, 2.45) is 0 Å². The second-order valence-electron chi connectivity index (χ2n) is 4.01. The van der Waals surface area contributed by atoms with Gasteiger partial charge in [-0.3, -0.25) is 9.59 Å². The molecule has 0 aliphatic heterocycles. The maximum Gasteiger partial charge on any atom is 0.307 e. The lowest BCUT2D eigenvalue weighted by atomic mass is 10.2. The van der Waals surface area contributed by atoms with Crippen molar-refractivity contribution in [2.45, 2.75) is 19.8 Å². The van der Waals surface area contributed by atoms with Gasteiger partial charge < -0.3 is 14.4 Å². The number of rotatable bonds is 8. The molecule has 0 bridgehead atoms. The number of aryl methyl sites for hydroxylation is 1. The van der Waals surface area contributed by atoms with Gasteiger partial charge in [-0.25, -0.2) is 0 Å². The van der Waals surface area contributed by atoms with Crippen LogP contribution < -0.4 is 0 Å². The van der Waals surface area contributed by atoms with Gasteiger partial charge in [-0.1, -0.05) is 11.4 Å². The van der Waals surface area contributed by atoms with Crippen LogP contribution in [-0.4, -0.2) is 60.3 Å². The molecule has 1 aromatic rings. The molecule has 0 spiro atoms. The number of nitrogens with zero attached hydrogens (tertiary/aromatic N) is 3. The Labute approximate surface area is 122 Å². The molecule has 0 saturated heterocycles. The molecule has 1 heterocycles. The van der Waals surface area contributed by atoms with Crippen molar-refractivity contribution in [3.63, 3.8) is 0 Å².